The molecule has 2 amide bonds. The van der Waals surface area contributed by atoms with Crippen LogP contribution in [0.25, 0.3) is 0 Å². The number of hydrogen-bond acceptors (Lipinski definition) is 4. The molecule has 23 heavy (non-hydrogen) atoms. The van der Waals surface area contributed by atoms with E-state index in [1.807, 2.05) is 11.8 Å². The first-order valence-corrected chi connectivity index (χ1v) is 8.10. The van der Waals surface area contributed by atoms with Gasteiger partial charge >= 0.3 is 0 Å². The molecule has 1 aromatic carbocycles. The van der Waals surface area contributed by atoms with Gasteiger partial charge in [-0.15, -0.1) is 0 Å². The van der Waals surface area contributed by atoms with Crippen LogP contribution in [0.4, 0.5) is 5.69 Å². The molecular formula is C17H25N3O3. The van der Waals surface area contributed by atoms with Gasteiger partial charge < -0.3 is 20.7 Å². The average molecular weight is 319 g/mol. The molecule has 1 atom stereocenters. The van der Waals surface area contributed by atoms with E-state index in [-0.39, 0.29) is 11.8 Å². The number of amides is 2. The highest BCUT2D eigenvalue weighted by molar-refractivity contribution is 5.99. The number of nitrogens with zero attached hydrogens (tertiary/aromatic N) is 1. The molecule has 1 aromatic rings. The number of anilines is 1. The molecular weight excluding hydrogens is 294 g/mol. The third kappa shape index (κ3) is 4.22. The van der Waals surface area contributed by atoms with Gasteiger partial charge in [0.25, 0.3) is 5.91 Å². The molecule has 1 unspecified atom stereocenters. The van der Waals surface area contributed by atoms with Crippen molar-refractivity contribution in [2.24, 2.45) is 5.73 Å². The number of carbonyl (C=O) groups excluding carboxylic acids is 2. The number of nitrogens with two attached hydrogens (primary N) is 1. The molecule has 1 aliphatic heterocycles. The van der Waals surface area contributed by atoms with E-state index in [1.54, 1.807) is 18.2 Å². The molecule has 1 saturated heterocycles. The summed E-state index contributed by atoms with van der Waals surface area (Å²) in [5.74, 6) is 0.231. The standard InChI is InChI=1S/C17H25N3O3/c1-3-6-13(18)16(21)19-14-11-12(7-8-15(14)23-2)17(22)20-9-4-5-10-20/h7-8,11,13H,3-6,9-10,18H2,1-2H3,(H,19,21). The van der Waals surface area contributed by atoms with Crippen LogP contribution in [0.5, 0.6) is 5.75 Å². The summed E-state index contributed by atoms with van der Waals surface area (Å²) in [6.07, 6.45) is 3.52. The largest absolute Gasteiger partial charge is 0.495 e. The molecule has 0 spiro atoms. The van der Waals surface area contributed by atoms with Crippen molar-refractivity contribution in [3.63, 3.8) is 0 Å². The number of carbonyl (C=O) groups is 2. The van der Waals surface area contributed by atoms with E-state index in [1.165, 1.54) is 7.11 Å². The number of nitrogens with one attached hydrogen (secondary N) is 1. The van der Waals surface area contributed by atoms with Crippen LogP contribution in [-0.2, 0) is 4.79 Å². The lowest BCUT2D eigenvalue weighted by atomic mass is 10.1. The van der Waals surface area contributed by atoms with E-state index in [4.69, 9.17) is 10.5 Å². The van der Waals surface area contributed by atoms with Crippen molar-refractivity contribution < 1.29 is 14.3 Å². The van der Waals surface area contributed by atoms with Crippen LogP contribution in [0.15, 0.2) is 18.2 Å². The van der Waals surface area contributed by atoms with Crippen molar-refractivity contribution in [1.29, 1.82) is 0 Å². The number of rotatable bonds is 6. The smallest absolute Gasteiger partial charge is 0.253 e. The lowest BCUT2D eigenvalue weighted by Gasteiger charge is -2.18. The Balaban J connectivity index is 2.18. The topological polar surface area (TPSA) is 84.7 Å². The first-order valence-electron chi connectivity index (χ1n) is 8.10. The average Bonchev–Trinajstić information content (AvgIpc) is 3.08. The minimum atomic E-state index is -0.567. The fraction of sp³-hybridized carbons (Fsp3) is 0.529. The minimum Gasteiger partial charge on any atom is -0.495 e. The number of benzene rings is 1. The fourth-order valence-electron chi connectivity index (χ4n) is 2.71. The zero-order valence-electron chi connectivity index (χ0n) is 13.8. The zero-order valence-corrected chi connectivity index (χ0v) is 13.8. The van der Waals surface area contributed by atoms with Gasteiger partial charge in [-0.05, 0) is 37.5 Å². The highest BCUT2D eigenvalue weighted by atomic mass is 16.5. The van der Waals surface area contributed by atoms with Crippen LogP contribution in [-0.4, -0.2) is 43.0 Å². The second kappa shape index (κ2) is 7.97. The lowest BCUT2D eigenvalue weighted by molar-refractivity contribution is -0.117. The molecule has 2 rings (SSSR count). The molecule has 1 heterocycles. The third-order valence-electron chi connectivity index (χ3n) is 4.03. The Kier molecular flexibility index (Phi) is 5.98. The molecule has 126 valence electrons. The molecule has 0 aliphatic carbocycles. The first kappa shape index (κ1) is 17.3. The Morgan fingerprint density at radius 3 is 2.65 bits per heavy atom. The molecule has 6 nitrogen and oxygen atoms in total. The van der Waals surface area contributed by atoms with Crippen LogP contribution in [0.1, 0.15) is 43.0 Å². The quantitative estimate of drug-likeness (QED) is 0.840. The van der Waals surface area contributed by atoms with Gasteiger partial charge in [0.05, 0.1) is 18.8 Å². The summed E-state index contributed by atoms with van der Waals surface area (Å²) in [5.41, 5.74) is 6.87. The maximum atomic E-state index is 12.5. The minimum absolute atomic E-state index is 0.0153. The summed E-state index contributed by atoms with van der Waals surface area (Å²) >= 11 is 0. The van der Waals surface area contributed by atoms with Crippen LogP contribution in [0.2, 0.25) is 0 Å². The molecule has 1 aliphatic rings. The molecule has 0 saturated carbocycles. The van der Waals surface area contributed by atoms with Crippen LogP contribution < -0.4 is 15.8 Å². The van der Waals surface area contributed by atoms with Gasteiger partial charge in [-0.1, -0.05) is 13.3 Å². The van der Waals surface area contributed by atoms with Gasteiger partial charge in [0.1, 0.15) is 5.75 Å². The predicted octanol–water partition coefficient (Wildman–Crippen LogP) is 2.00. The SMILES string of the molecule is CCCC(N)C(=O)Nc1cc(C(=O)N2CCCC2)ccc1OC. The summed E-state index contributed by atoms with van der Waals surface area (Å²) in [6.45, 7) is 3.55. The van der Waals surface area contributed by atoms with Gasteiger partial charge in [-0.25, -0.2) is 0 Å². The van der Waals surface area contributed by atoms with Crippen molar-refractivity contribution in [3.8, 4) is 5.75 Å². The van der Waals surface area contributed by atoms with E-state index in [0.29, 0.717) is 23.4 Å². The van der Waals surface area contributed by atoms with Crippen molar-refractivity contribution in [2.45, 2.75) is 38.6 Å². The third-order valence-corrected chi connectivity index (χ3v) is 4.03. The molecule has 6 heteroatoms. The van der Waals surface area contributed by atoms with Crippen molar-refractivity contribution in [3.05, 3.63) is 23.8 Å². The summed E-state index contributed by atoms with van der Waals surface area (Å²) in [5, 5.41) is 2.77. The summed E-state index contributed by atoms with van der Waals surface area (Å²) < 4.78 is 5.27. The van der Waals surface area contributed by atoms with Crippen LogP contribution >= 0.6 is 0 Å². The molecule has 0 aromatic heterocycles. The fourth-order valence-corrected chi connectivity index (χ4v) is 2.71. The highest BCUT2D eigenvalue weighted by Gasteiger charge is 2.21. The van der Waals surface area contributed by atoms with E-state index in [2.05, 4.69) is 5.32 Å². The number of hydrogen-bond donors (Lipinski definition) is 2. The maximum absolute atomic E-state index is 12.5. The van der Waals surface area contributed by atoms with Gasteiger partial charge in [0, 0.05) is 18.7 Å². The Hall–Kier alpha value is -2.08. The zero-order chi connectivity index (χ0) is 16.8. The second-order valence-electron chi connectivity index (χ2n) is 5.80. The Bertz CT molecular complexity index is 568. The van der Waals surface area contributed by atoms with Crippen molar-refractivity contribution in [1.82, 2.24) is 4.90 Å². The van der Waals surface area contributed by atoms with Crippen LogP contribution in [0.3, 0.4) is 0 Å². The Labute approximate surface area is 137 Å². The van der Waals surface area contributed by atoms with Crippen molar-refractivity contribution in [2.75, 3.05) is 25.5 Å². The van der Waals surface area contributed by atoms with Crippen molar-refractivity contribution >= 4 is 17.5 Å². The normalized spacial score (nSPS) is 15.3. The molecule has 0 bridgehead atoms. The molecule has 0 radical (unpaired) electrons. The monoisotopic (exact) mass is 319 g/mol. The van der Waals surface area contributed by atoms with Gasteiger partial charge in [0.2, 0.25) is 5.91 Å². The summed E-state index contributed by atoms with van der Waals surface area (Å²) in [4.78, 5) is 26.4. The van der Waals surface area contributed by atoms with Gasteiger partial charge in [-0.3, -0.25) is 9.59 Å². The highest BCUT2D eigenvalue weighted by Crippen LogP contribution is 2.27. The number of likely N-dealkylation sites (tertiary alicyclic amines) is 1. The van der Waals surface area contributed by atoms with Gasteiger partial charge in [-0.2, -0.15) is 0 Å². The van der Waals surface area contributed by atoms with Gasteiger partial charge in [0.15, 0.2) is 0 Å². The predicted molar refractivity (Wildman–Crippen MR) is 89.6 cm³/mol. The maximum Gasteiger partial charge on any atom is 0.253 e. The summed E-state index contributed by atoms with van der Waals surface area (Å²) in [7, 11) is 1.53. The van der Waals surface area contributed by atoms with E-state index in [9.17, 15) is 9.59 Å². The Morgan fingerprint density at radius 2 is 2.04 bits per heavy atom. The summed E-state index contributed by atoms with van der Waals surface area (Å²) in [6, 6.07) is 4.52. The molecule has 1 fully saturated rings. The van der Waals surface area contributed by atoms with E-state index in [0.717, 1.165) is 32.4 Å². The Morgan fingerprint density at radius 1 is 1.35 bits per heavy atom. The number of methoxy groups -OCH3 is 1. The lowest BCUT2D eigenvalue weighted by Crippen LogP contribution is -2.35. The van der Waals surface area contributed by atoms with E-state index >= 15 is 0 Å². The van der Waals surface area contributed by atoms with Crippen LogP contribution in [0, 0.1) is 0 Å². The first-order chi connectivity index (χ1) is 11.1. The number of ether oxygens (including phenoxy) is 1. The molecule has 3 N–H and O–H groups in total. The second-order valence-corrected chi connectivity index (χ2v) is 5.80. The van der Waals surface area contributed by atoms with E-state index < -0.39 is 6.04 Å².